The Hall–Kier alpha value is -2.50. The number of benzene rings is 1. The smallest absolute Gasteiger partial charge is 0.335 e. The van der Waals surface area contributed by atoms with E-state index in [2.05, 4.69) is 10.6 Å². The van der Waals surface area contributed by atoms with Crippen molar-refractivity contribution in [2.75, 3.05) is 11.9 Å². The molecular weight excluding hydrogens is 284 g/mol. The summed E-state index contributed by atoms with van der Waals surface area (Å²) in [5.41, 5.74) is 1.61. The average Bonchev–Trinajstić information content (AvgIpc) is 2.48. The standard InChI is InChI=1S/C16H22N2O4/c1-4-5-8-22-15(20)12(3)10-17-16(21)18-14-9-13(19)7-6-11(14)2/h6-7,9-10,19H,4-5,8H2,1-3H3,(H2,17,18,21). The van der Waals surface area contributed by atoms with Crippen molar-refractivity contribution >= 4 is 17.7 Å². The van der Waals surface area contributed by atoms with Gasteiger partial charge in [-0.3, -0.25) is 0 Å². The zero-order valence-electron chi connectivity index (χ0n) is 13.1. The molecule has 1 aromatic carbocycles. The fourth-order valence-electron chi connectivity index (χ4n) is 1.56. The molecule has 0 saturated carbocycles. The minimum absolute atomic E-state index is 0.0622. The first kappa shape index (κ1) is 17.6. The molecule has 120 valence electrons. The highest BCUT2D eigenvalue weighted by Gasteiger charge is 2.07. The molecule has 1 rings (SSSR count). The number of unbranched alkanes of at least 4 members (excludes halogenated alkanes) is 1. The number of rotatable bonds is 6. The fraction of sp³-hybridized carbons (Fsp3) is 0.375. The van der Waals surface area contributed by atoms with Crippen LogP contribution < -0.4 is 10.6 Å². The molecular formula is C16H22N2O4. The molecule has 0 spiro atoms. The van der Waals surface area contributed by atoms with Gasteiger partial charge < -0.3 is 20.5 Å². The maximum atomic E-state index is 11.8. The fourth-order valence-corrected chi connectivity index (χ4v) is 1.56. The second kappa shape index (κ2) is 8.71. The molecule has 0 aliphatic heterocycles. The van der Waals surface area contributed by atoms with Crippen LogP contribution in [0.1, 0.15) is 32.3 Å². The average molecular weight is 306 g/mol. The first-order valence-electron chi connectivity index (χ1n) is 7.15. The lowest BCUT2D eigenvalue weighted by Crippen LogP contribution is -2.25. The number of carbonyl (C=O) groups is 2. The molecule has 0 radical (unpaired) electrons. The third-order valence-electron chi connectivity index (χ3n) is 2.94. The van der Waals surface area contributed by atoms with Gasteiger partial charge in [0, 0.05) is 18.0 Å². The van der Waals surface area contributed by atoms with Crippen LogP contribution in [0.4, 0.5) is 10.5 Å². The lowest BCUT2D eigenvalue weighted by Gasteiger charge is -2.09. The Morgan fingerprint density at radius 2 is 2.09 bits per heavy atom. The number of ether oxygens (including phenoxy) is 1. The molecule has 6 heteroatoms. The Labute approximate surface area is 130 Å². The highest BCUT2D eigenvalue weighted by molar-refractivity contribution is 5.93. The van der Waals surface area contributed by atoms with Gasteiger partial charge in [-0.1, -0.05) is 19.4 Å². The number of nitrogens with one attached hydrogen (secondary N) is 2. The zero-order valence-corrected chi connectivity index (χ0v) is 13.1. The minimum atomic E-state index is -0.505. The van der Waals surface area contributed by atoms with Crippen molar-refractivity contribution in [1.29, 1.82) is 0 Å². The Balaban J connectivity index is 2.52. The van der Waals surface area contributed by atoms with Crippen molar-refractivity contribution in [3.8, 4) is 5.75 Å². The van der Waals surface area contributed by atoms with E-state index in [9.17, 15) is 14.7 Å². The van der Waals surface area contributed by atoms with Gasteiger partial charge in [-0.15, -0.1) is 0 Å². The molecule has 0 atom stereocenters. The number of phenols is 1. The molecule has 0 bridgehead atoms. The van der Waals surface area contributed by atoms with Gasteiger partial charge in [-0.25, -0.2) is 9.59 Å². The number of esters is 1. The number of hydrogen-bond donors (Lipinski definition) is 3. The van der Waals surface area contributed by atoms with Crippen molar-refractivity contribution in [3.63, 3.8) is 0 Å². The van der Waals surface area contributed by atoms with Crippen molar-refractivity contribution in [3.05, 3.63) is 35.5 Å². The van der Waals surface area contributed by atoms with Gasteiger partial charge in [0.15, 0.2) is 0 Å². The normalized spacial score (nSPS) is 11.0. The van der Waals surface area contributed by atoms with E-state index < -0.39 is 12.0 Å². The summed E-state index contributed by atoms with van der Waals surface area (Å²) >= 11 is 0. The highest BCUT2D eigenvalue weighted by atomic mass is 16.5. The summed E-state index contributed by atoms with van der Waals surface area (Å²) in [5.74, 6) is -0.394. The Kier molecular flexibility index (Phi) is 6.95. The van der Waals surface area contributed by atoms with Crippen LogP contribution in [-0.2, 0) is 9.53 Å². The van der Waals surface area contributed by atoms with Gasteiger partial charge >= 0.3 is 12.0 Å². The molecule has 1 aromatic rings. The summed E-state index contributed by atoms with van der Waals surface area (Å²) in [5, 5.41) is 14.4. The van der Waals surface area contributed by atoms with Gasteiger partial charge in [0.2, 0.25) is 0 Å². The van der Waals surface area contributed by atoms with E-state index in [-0.39, 0.29) is 5.75 Å². The zero-order chi connectivity index (χ0) is 16.5. The number of hydrogen-bond acceptors (Lipinski definition) is 4. The first-order chi connectivity index (χ1) is 10.4. The molecule has 2 amide bonds. The molecule has 0 fully saturated rings. The number of phenolic OH excluding ortho intramolecular Hbond substituents is 1. The van der Waals surface area contributed by atoms with E-state index in [1.807, 2.05) is 6.92 Å². The number of aryl methyl sites for hydroxylation is 1. The SMILES string of the molecule is CCCCOC(=O)C(C)=CNC(=O)Nc1cc(O)ccc1C. The maximum Gasteiger partial charge on any atom is 0.335 e. The molecule has 0 aliphatic rings. The van der Waals surface area contributed by atoms with Crippen molar-refractivity contribution in [2.24, 2.45) is 0 Å². The van der Waals surface area contributed by atoms with E-state index in [1.165, 1.54) is 18.3 Å². The van der Waals surface area contributed by atoms with Crippen molar-refractivity contribution in [1.82, 2.24) is 5.32 Å². The summed E-state index contributed by atoms with van der Waals surface area (Å²) in [7, 11) is 0. The van der Waals surface area contributed by atoms with Crippen LogP contribution in [-0.4, -0.2) is 23.7 Å². The summed E-state index contributed by atoms with van der Waals surface area (Å²) in [6, 6.07) is 4.17. The van der Waals surface area contributed by atoms with Crippen LogP contribution in [0, 0.1) is 6.92 Å². The summed E-state index contributed by atoms with van der Waals surface area (Å²) in [6.07, 6.45) is 3.05. The predicted molar refractivity (Wildman–Crippen MR) is 84.6 cm³/mol. The Morgan fingerprint density at radius 1 is 1.36 bits per heavy atom. The molecule has 0 unspecified atom stereocenters. The van der Waals surface area contributed by atoms with Crippen molar-refractivity contribution < 1.29 is 19.4 Å². The van der Waals surface area contributed by atoms with Gasteiger partial charge in [0.05, 0.1) is 12.2 Å². The molecule has 22 heavy (non-hydrogen) atoms. The summed E-state index contributed by atoms with van der Waals surface area (Å²) in [4.78, 5) is 23.4. The number of aromatic hydroxyl groups is 1. The van der Waals surface area contributed by atoms with E-state index in [1.54, 1.807) is 19.9 Å². The van der Waals surface area contributed by atoms with Crippen LogP contribution >= 0.6 is 0 Å². The van der Waals surface area contributed by atoms with Gasteiger partial charge in [-0.2, -0.15) is 0 Å². The molecule has 0 aliphatic carbocycles. The largest absolute Gasteiger partial charge is 0.508 e. The van der Waals surface area contributed by atoms with E-state index >= 15 is 0 Å². The quantitative estimate of drug-likeness (QED) is 0.428. The summed E-state index contributed by atoms with van der Waals surface area (Å²) < 4.78 is 5.02. The second-order valence-electron chi connectivity index (χ2n) is 4.91. The molecule has 0 saturated heterocycles. The van der Waals surface area contributed by atoms with Crippen LogP contribution in [0.15, 0.2) is 30.0 Å². The number of amides is 2. The van der Waals surface area contributed by atoms with Crippen LogP contribution in [0.2, 0.25) is 0 Å². The lowest BCUT2D eigenvalue weighted by atomic mass is 10.2. The van der Waals surface area contributed by atoms with Crippen molar-refractivity contribution in [2.45, 2.75) is 33.6 Å². The molecule has 3 N–H and O–H groups in total. The Bertz CT molecular complexity index is 567. The number of carbonyl (C=O) groups excluding carboxylic acids is 2. The van der Waals surface area contributed by atoms with Gasteiger partial charge in [-0.05, 0) is 31.9 Å². The number of anilines is 1. The third-order valence-corrected chi connectivity index (χ3v) is 2.94. The predicted octanol–water partition coefficient (Wildman–Crippen LogP) is 3.07. The lowest BCUT2D eigenvalue weighted by molar-refractivity contribution is -0.139. The topological polar surface area (TPSA) is 87.7 Å². The third kappa shape index (κ3) is 5.87. The monoisotopic (exact) mass is 306 g/mol. The highest BCUT2D eigenvalue weighted by Crippen LogP contribution is 2.20. The molecule has 0 aromatic heterocycles. The Morgan fingerprint density at radius 3 is 2.77 bits per heavy atom. The van der Waals surface area contributed by atoms with Crippen LogP contribution in [0.25, 0.3) is 0 Å². The van der Waals surface area contributed by atoms with E-state index in [0.29, 0.717) is 17.9 Å². The van der Waals surface area contributed by atoms with E-state index in [0.717, 1.165) is 18.4 Å². The van der Waals surface area contributed by atoms with E-state index in [4.69, 9.17) is 4.74 Å². The summed E-state index contributed by atoms with van der Waals surface area (Å²) in [6.45, 7) is 5.75. The molecule has 6 nitrogen and oxygen atoms in total. The maximum absolute atomic E-state index is 11.8. The van der Waals surface area contributed by atoms with Crippen LogP contribution in [0.5, 0.6) is 5.75 Å². The van der Waals surface area contributed by atoms with Crippen LogP contribution in [0.3, 0.4) is 0 Å². The second-order valence-corrected chi connectivity index (χ2v) is 4.91. The molecule has 0 heterocycles. The van der Waals surface area contributed by atoms with Gasteiger partial charge in [0.25, 0.3) is 0 Å². The minimum Gasteiger partial charge on any atom is -0.508 e. The number of urea groups is 1. The first-order valence-corrected chi connectivity index (χ1v) is 7.15. The van der Waals surface area contributed by atoms with Gasteiger partial charge in [0.1, 0.15) is 5.75 Å².